The van der Waals surface area contributed by atoms with E-state index in [4.69, 9.17) is 15.6 Å². The molecule has 4 N–H and O–H groups in total. The minimum atomic E-state index is -1.32. The molecule has 0 unspecified atom stereocenters. The van der Waals surface area contributed by atoms with Crippen LogP contribution in [0, 0.1) is 0 Å². The highest BCUT2D eigenvalue weighted by Crippen LogP contribution is 2.14. The van der Waals surface area contributed by atoms with Crippen LogP contribution in [0.1, 0.15) is 18.5 Å². The van der Waals surface area contributed by atoms with E-state index in [1.165, 1.54) is 7.11 Å². The van der Waals surface area contributed by atoms with Gasteiger partial charge >= 0.3 is 5.97 Å². The molecule has 0 aromatic heterocycles. The number of carbonyl (C=O) groups is 2. The molecule has 1 aromatic rings. The number of hydrogen-bond acceptors (Lipinski definition) is 5. The van der Waals surface area contributed by atoms with Gasteiger partial charge in [-0.25, -0.2) is 4.79 Å². The van der Waals surface area contributed by atoms with E-state index in [9.17, 15) is 9.90 Å². The number of carboxylic acid groups (broad SMARTS) is 1. The summed E-state index contributed by atoms with van der Waals surface area (Å²) in [7, 11) is 1.21. The Hall–Kier alpha value is -1.92. The zero-order valence-corrected chi connectivity index (χ0v) is 10.2. The Kier molecular flexibility index (Phi) is 7.34. The second-order valence-electron chi connectivity index (χ2n) is 3.42. The summed E-state index contributed by atoms with van der Waals surface area (Å²) < 4.78 is 4.39. The highest BCUT2D eigenvalue weighted by molar-refractivity contribution is 5.75. The van der Waals surface area contributed by atoms with Gasteiger partial charge in [-0.15, -0.1) is 0 Å². The lowest BCUT2D eigenvalue weighted by atomic mass is 10.0. The number of nitrogens with two attached hydrogens (primary N) is 1. The van der Waals surface area contributed by atoms with E-state index in [0.717, 1.165) is 6.92 Å². The van der Waals surface area contributed by atoms with Crippen LogP contribution in [0.4, 0.5) is 0 Å². The predicted octanol–water partition coefficient (Wildman–Crippen LogP) is 0.311. The lowest BCUT2D eigenvalue weighted by Gasteiger charge is -2.16. The molecule has 0 spiro atoms. The fraction of sp³-hybridized carbons (Fsp3) is 0.333. The van der Waals surface area contributed by atoms with Gasteiger partial charge in [0.25, 0.3) is 5.97 Å². The van der Waals surface area contributed by atoms with E-state index in [0.29, 0.717) is 5.56 Å². The van der Waals surface area contributed by atoms with Crippen LogP contribution in [0.3, 0.4) is 0 Å². The lowest BCUT2D eigenvalue weighted by molar-refractivity contribution is -0.151. The first-order valence-electron chi connectivity index (χ1n) is 5.16. The molecule has 0 saturated heterocycles. The Labute approximate surface area is 105 Å². The second kappa shape index (κ2) is 8.21. The number of carboxylic acids is 1. The SMILES string of the molecule is CC(=O)O.COC(=O)[C@H](O)[C@@H](N)c1ccccc1. The molecule has 0 aliphatic heterocycles. The molecule has 0 bridgehead atoms. The highest BCUT2D eigenvalue weighted by atomic mass is 16.5. The molecule has 0 aliphatic carbocycles. The quantitative estimate of drug-likeness (QED) is 0.670. The van der Waals surface area contributed by atoms with Gasteiger partial charge in [-0.05, 0) is 5.56 Å². The molecule has 6 heteroatoms. The Morgan fingerprint density at radius 2 is 1.72 bits per heavy atom. The maximum Gasteiger partial charge on any atom is 0.336 e. The van der Waals surface area contributed by atoms with Crippen molar-refractivity contribution in [1.82, 2.24) is 0 Å². The van der Waals surface area contributed by atoms with Crippen molar-refractivity contribution in [2.75, 3.05) is 7.11 Å². The fourth-order valence-corrected chi connectivity index (χ4v) is 1.12. The highest BCUT2D eigenvalue weighted by Gasteiger charge is 2.24. The summed E-state index contributed by atoms with van der Waals surface area (Å²) in [6, 6.07) is 8.16. The minimum Gasteiger partial charge on any atom is -0.481 e. The Bertz CT molecular complexity index is 375. The molecule has 18 heavy (non-hydrogen) atoms. The van der Waals surface area contributed by atoms with Crippen molar-refractivity contribution >= 4 is 11.9 Å². The van der Waals surface area contributed by atoms with Crippen LogP contribution in [0.15, 0.2) is 30.3 Å². The van der Waals surface area contributed by atoms with E-state index in [1.807, 2.05) is 6.07 Å². The molecule has 100 valence electrons. The van der Waals surface area contributed by atoms with Gasteiger partial charge < -0.3 is 20.7 Å². The van der Waals surface area contributed by atoms with E-state index in [2.05, 4.69) is 4.74 Å². The number of rotatable bonds is 3. The smallest absolute Gasteiger partial charge is 0.336 e. The molecule has 0 heterocycles. The van der Waals surface area contributed by atoms with Crippen LogP contribution in [0.5, 0.6) is 0 Å². The van der Waals surface area contributed by atoms with E-state index < -0.39 is 24.1 Å². The van der Waals surface area contributed by atoms with E-state index >= 15 is 0 Å². The summed E-state index contributed by atoms with van der Waals surface area (Å²) in [5, 5.41) is 16.9. The molecule has 0 amide bonds. The molecule has 1 aromatic carbocycles. The van der Waals surface area contributed by atoms with Gasteiger partial charge in [0.2, 0.25) is 0 Å². The first-order chi connectivity index (χ1) is 8.40. The van der Waals surface area contributed by atoms with Gasteiger partial charge in [0.05, 0.1) is 13.2 Å². The normalized spacial score (nSPS) is 12.7. The maximum atomic E-state index is 11.0. The average Bonchev–Trinajstić information content (AvgIpc) is 2.36. The van der Waals surface area contributed by atoms with Crippen LogP contribution >= 0.6 is 0 Å². The Morgan fingerprint density at radius 3 is 2.11 bits per heavy atom. The Morgan fingerprint density at radius 1 is 1.28 bits per heavy atom. The number of ether oxygens (including phenoxy) is 1. The molecule has 0 radical (unpaired) electrons. The number of methoxy groups -OCH3 is 1. The van der Waals surface area contributed by atoms with Crippen LogP contribution in [0.25, 0.3) is 0 Å². The van der Waals surface area contributed by atoms with Gasteiger partial charge in [-0.3, -0.25) is 4.79 Å². The molecule has 0 saturated carbocycles. The standard InChI is InChI=1S/C10H13NO3.C2H4O2/c1-14-10(13)9(12)8(11)7-5-3-2-4-6-7;1-2(3)4/h2-6,8-9,12H,11H2,1H3;1H3,(H,3,4)/t8-,9+;/m0./s1. The van der Waals surface area contributed by atoms with Crippen LogP contribution < -0.4 is 5.73 Å². The van der Waals surface area contributed by atoms with E-state index in [1.54, 1.807) is 24.3 Å². The number of hydrogen-bond donors (Lipinski definition) is 3. The number of carbonyl (C=O) groups excluding carboxylic acids is 1. The molecular weight excluding hydrogens is 238 g/mol. The zero-order valence-electron chi connectivity index (χ0n) is 10.2. The summed E-state index contributed by atoms with van der Waals surface area (Å²) in [5.74, 6) is -1.55. The maximum absolute atomic E-state index is 11.0. The minimum absolute atomic E-state index is 0.699. The van der Waals surface area contributed by atoms with Crippen molar-refractivity contribution in [3.05, 3.63) is 35.9 Å². The van der Waals surface area contributed by atoms with Crippen LogP contribution in [0.2, 0.25) is 0 Å². The molecule has 0 fully saturated rings. The van der Waals surface area contributed by atoms with E-state index in [-0.39, 0.29) is 0 Å². The van der Waals surface area contributed by atoms with Crippen molar-refractivity contribution in [3.8, 4) is 0 Å². The van der Waals surface area contributed by atoms with Crippen molar-refractivity contribution in [2.24, 2.45) is 5.73 Å². The summed E-state index contributed by atoms with van der Waals surface area (Å²) >= 11 is 0. The molecular formula is C12H17NO5. The van der Waals surface area contributed by atoms with Gasteiger partial charge in [0.15, 0.2) is 6.10 Å². The topological polar surface area (TPSA) is 110 Å². The number of esters is 1. The average molecular weight is 255 g/mol. The van der Waals surface area contributed by atoms with Gasteiger partial charge in [0.1, 0.15) is 0 Å². The van der Waals surface area contributed by atoms with Gasteiger partial charge in [-0.1, -0.05) is 30.3 Å². The summed E-state index contributed by atoms with van der Waals surface area (Å²) in [5.41, 5.74) is 6.36. The molecule has 1 rings (SSSR count). The number of aliphatic hydroxyl groups excluding tert-OH is 1. The number of aliphatic hydroxyl groups is 1. The van der Waals surface area contributed by atoms with Crippen LogP contribution in [-0.2, 0) is 14.3 Å². The third-order valence-electron chi connectivity index (χ3n) is 1.97. The molecule has 6 nitrogen and oxygen atoms in total. The Balaban J connectivity index is 0.000000631. The van der Waals surface area contributed by atoms with Gasteiger partial charge in [0, 0.05) is 6.92 Å². The number of benzene rings is 1. The first kappa shape index (κ1) is 16.1. The van der Waals surface area contributed by atoms with Crippen molar-refractivity contribution in [2.45, 2.75) is 19.1 Å². The summed E-state index contributed by atoms with van der Waals surface area (Å²) in [4.78, 5) is 20.0. The summed E-state index contributed by atoms with van der Waals surface area (Å²) in [6.07, 6.45) is -1.32. The van der Waals surface area contributed by atoms with Crippen molar-refractivity contribution in [3.63, 3.8) is 0 Å². The van der Waals surface area contributed by atoms with Crippen molar-refractivity contribution in [1.29, 1.82) is 0 Å². The van der Waals surface area contributed by atoms with Crippen molar-refractivity contribution < 1.29 is 24.5 Å². The third-order valence-corrected chi connectivity index (χ3v) is 1.97. The monoisotopic (exact) mass is 255 g/mol. The second-order valence-corrected chi connectivity index (χ2v) is 3.42. The third kappa shape index (κ3) is 5.97. The lowest BCUT2D eigenvalue weighted by Crippen LogP contribution is -2.34. The predicted molar refractivity (Wildman–Crippen MR) is 64.7 cm³/mol. The van der Waals surface area contributed by atoms with Gasteiger partial charge in [-0.2, -0.15) is 0 Å². The van der Waals surface area contributed by atoms with Crippen LogP contribution in [-0.4, -0.2) is 35.4 Å². The first-order valence-corrected chi connectivity index (χ1v) is 5.16. The molecule has 2 atom stereocenters. The zero-order chi connectivity index (χ0) is 14.1. The summed E-state index contributed by atoms with van der Waals surface area (Å²) in [6.45, 7) is 1.08. The number of aliphatic carboxylic acids is 1. The molecule has 0 aliphatic rings. The largest absolute Gasteiger partial charge is 0.481 e. The fourth-order valence-electron chi connectivity index (χ4n) is 1.12.